The molecule has 3 nitrogen and oxygen atoms in total. The predicted octanol–water partition coefficient (Wildman–Crippen LogP) is 4.06. The van der Waals surface area contributed by atoms with E-state index in [-0.39, 0.29) is 23.9 Å². The number of rotatable bonds is 4. The first kappa shape index (κ1) is 19.0. The summed E-state index contributed by atoms with van der Waals surface area (Å²) in [5.74, 6) is -0.0802. The number of carbonyl (C=O) groups excluding carboxylic acids is 1. The third-order valence-corrected chi connectivity index (χ3v) is 3.85. The SMILES string of the molecule is Cc1ccccc1CC(C)(C)NC(=O)c1cc(N)ccc1C.Cl. The molecule has 0 spiro atoms. The summed E-state index contributed by atoms with van der Waals surface area (Å²) in [6.07, 6.45) is 0.785. The number of aryl methyl sites for hydroxylation is 2. The minimum absolute atomic E-state index is 0. The third kappa shape index (κ3) is 5.00. The second kappa shape index (κ2) is 7.51. The molecule has 124 valence electrons. The van der Waals surface area contributed by atoms with E-state index in [0.717, 1.165) is 12.0 Å². The van der Waals surface area contributed by atoms with E-state index in [1.807, 2.05) is 45.0 Å². The van der Waals surface area contributed by atoms with Crippen LogP contribution in [-0.2, 0) is 6.42 Å². The lowest BCUT2D eigenvalue weighted by Gasteiger charge is -2.27. The van der Waals surface area contributed by atoms with Gasteiger partial charge in [-0.25, -0.2) is 0 Å². The van der Waals surface area contributed by atoms with E-state index in [1.54, 1.807) is 6.07 Å². The highest BCUT2D eigenvalue weighted by Crippen LogP contribution is 2.18. The molecule has 0 aliphatic rings. The maximum absolute atomic E-state index is 12.5. The number of nitrogens with one attached hydrogen (secondary N) is 1. The number of anilines is 1. The quantitative estimate of drug-likeness (QED) is 0.829. The minimum Gasteiger partial charge on any atom is -0.399 e. The number of nitrogen functional groups attached to an aromatic ring is 1. The molecule has 0 saturated heterocycles. The molecule has 0 heterocycles. The summed E-state index contributed by atoms with van der Waals surface area (Å²) in [6.45, 7) is 8.09. The van der Waals surface area contributed by atoms with Gasteiger partial charge in [-0.3, -0.25) is 4.79 Å². The van der Waals surface area contributed by atoms with Gasteiger partial charge in [0.05, 0.1) is 0 Å². The van der Waals surface area contributed by atoms with Gasteiger partial charge >= 0.3 is 0 Å². The Hall–Kier alpha value is -2.00. The summed E-state index contributed by atoms with van der Waals surface area (Å²) in [6, 6.07) is 13.7. The number of hydrogen-bond acceptors (Lipinski definition) is 2. The highest BCUT2D eigenvalue weighted by molar-refractivity contribution is 5.96. The van der Waals surface area contributed by atoms with Crippen molar-refractivity contribution < 1.29 is 4.79 Å². The maximum Gasteiger partial charge on any atom is 0.252 e. The molecule has 0 atom stereocenters. The standard InChI is InChI=1S/C19H24N2O.ClH/c1-13-7-5-6-8-15(13)12-19(3,4)21-18(22)17-11-16(20)10-9-14(17)2;/h5-11H,12,20H2,1-4H3,(H,21,22);1H. The molecule has 0 radical (unpaired) electrons. The molecule has 0 aliphatic heterocycles. The van der Waals surface area contributed by atoms with E-state index in [1.165, 1.54) is 11.1 Å². The van der Waals surface area contributed by atoms with Crippen LogP contribution in [0.2, 0.25) is 0 Å². The maximum atomic E-state index is 12.5. The summed E-state index contributed by atoms with van der Waals surface area (Å²) in [5.41, 5.74) is 10.1. The smallest absolute Gasteiger partial charge is 0.252 e. The van der Waals surface area contributed by atoms with Crippen LogP contribution in [0.15, 0.2) is 42.5 Å². The van der Waals surface area contributed by atoms with Crippen molar-refractivity contribution in [3.05, 3.63) is 64.7 Å². The van der Waals surface area contributed by atoms with Crippen molar-refractivity contribution >= 4 is 24.0 Å². The number of hydrogen-bond donors (Lipinski definition) is 2. The summed E-state index contributed by atoms with van der Waals surface area (Å²) in [7, 11) is 0. The van der Waals surface area contributed by atoms with Gasteiger partial charge in [0.15, 0.2) is 0 Å². The van der Waals surface area contributed by atoms with Crippen LogP contribution in [0.4, 0.5) is 5.69 Å². The van der Waals surface area contributed by atoms with Gasteiger partial charge in [-0.05, 0) is 62.9 Å². The lowest BCUT2D eigenvalue weighted by molar-refractivity contribution is 0.0912. The van der Waals surface area contributed by atoms with Gasteiger partial charge in [-0.15, -0.1) is 12.4 Å². The van der Waals surface area contributed by atoms with E-state index < -0.39 is 0 Å². The second-order valence-corrected chi connectivity index (χ2v) is 6.52. The Morgan fingerprint density at radius 3 is 2.39 bits per heavy atom. The Bertz CT molecular complexity index is 696. The summed E-state index contributed by atoms with van der Waals surface area (Å²) in [5, 5.41) is 3.12. The highest BCUT2D eigenvalue weighted by atomic mass is 35.5. The Balaban J connectivity index is 0.00000264. The van der Waals surface area contributed by atoms with Crippen molar-refractivity contribution in [3.8, 4) is 0 Å². The number of amides is 1. The Morgan fingerprint density at radius 1 is 1.09 bits per heavy atom. The number of halogens is 1. The molecule has 0 fully saturated rings. The van der Waals surface area contributed by atoms with Crippen LogP contribution >= 0.6 is 12.4 Å². The van der Waals surface area contributed by atoms with Crippen LogP contribution in [0, 0.1) is 13.8 Å². The Morgan fingerprint density at radius 2 is 1.74 bits per heavy atom. The summed E-state index contributed by atoms with van der Waals surface area (Å²) < 4.78 is 0. The first-order valence-corrected chi connectivity index (χ1v) is 7.52. The number of nitrogens with two attached hydrogens (primary N) is 1. The van der Waals surface area contributed by atoms with E-state index in [0.29, 0.717) is 11.3 Å². The zero-order valence-electron chi connectivity index (χ0n) is 14.1. The molecule has 2 rings (SSSR count). The van der Waals surface area contributed by atoms with Gasteiger partial charge in [0, 0.05) is 16.8 Å². The van der Waals surface area contributed by atoms with E-state index in [4.69, 9.17) is 5.73 Å². The zero-order valence-corrected chi connectivity index (χ0v) is 15.0. The second-order valence-electron chi connectivity index (χ2n) is 6.52. The molecule has 0 aliphatic carbocycles. The molecular formula is C19H25ClN2O. The average molecular weight is 333 g/mol. The predicted molar refractivity (Wildman–Crippen MR) is 99.3 cm³/mol. The first-order valence-electron chi connectivity index (χ1n) is 7.52. The fourth-order valence-electron chi connectivity index (χ4n) is 2.59. The van der Waals surface area contributed by atoms with Gasteiger partial charge in [-0.2, -0.15) is 0 Å². The monoisotopic (exact) mass is 332 g/mol. The van der Waals surface area contributed by atoms with Crippen LogP contribution in [0.3, 0.4) is 0 Å². The van der Waals surface area contributed by atoms with Crippen LogP contribution in [0.5, 0.6) is 0 Å². The minimum atomic E-state index is -0.333. The molecule has 4 heteroatoms. The zero-order chi connectivity index (χ0) is 16.3. The molecule has 23 heavy (non-hydrogen) atoms. The third-order valence-electron chi connectivity index (χ3n) is 3.85. The van der Waals surface area contributed by atoms with Crippen LogP contribution in [0.1, 0.15) is 40.9 Å². The van der Waals surface area contributed by atoms with Gasteiger partial charge in [0.1, 0.15) is 0 Å². The average Bonchev–Trinajstić information content (AvgIpc) is 2.43. The molecule has 3 N–H and O–H groups in total. The van der Waals surface area contributed by atoms with E-state index in [2.05, 4.69) is 24.4 Å². The molecular weight excluding hydrogens is 308 g/mol. The number of carbonyl (C=O) groups is 1. The molecule has 2 aromatic carbocycles. The summed E-state index contributed by atoms with van der Waals surface area (Å²) in [4.78, 5) is 12.5. The summed E-state index contributed by atoms with van der Waals surface area (Å²) >= 11 is 0. The molecule has 1 amide bonds. The number of benzene rings is 2. The van der Waals surface area contributed by atoms with Crippen LogP contribution in [-0.4, -0.2) is 11.4 Å². The van der Waals surface area contributed by atoms with E-state index in [9.17, 15) is 4.79 Å². The van der Waals surface area contributed by atoms with Crippen molar-refractivity contribution in [1.82, 2.24) is 5.32 Å². The fourth-order valence-corrected chi connectivity index (χ4v) is 2.59. The van der Waals surface area contributed by atoms with Gasteiger partial charge in [0.25, 0.3) is 5.91 Å². The van der Waals surface area contributed by atoms with Gasteiger partial charge < -0.3 is 11.1 Å². The van der Waals surface area contributed by atoms with Gasteiger partial charge in [0.2, 0.25) is 0 Å². The molecule has 2 aromatic rings. The van der Waals surface area contributed by atoms with Crippen molar-refractivity contribution in [1.29, 1.82) is 0 Å². The molecule has 0 saturated carbocycles. The normalized spacial score (nSPS) is 10.8. The molecule has 0 bridgehead atoms. The van der Waals surface area contributed by atoms with Crippen molar-refractivity contribution in [2.24, 2.45) is 0 Å². The largest absolute Gasteiger partial charge is 0.399 e. The Kier molecular flexibility index (Phi) is 6.22. The van der Waals surface area contributed by atoms with Crippen LogP contribution in [0.25, 0.3) is 0 Å². The lowest BCUT2D eigenvalue weighted by atomic mass is 9.92. The fraction of sp³-hybridized carbons (Fsp3) is 0.316. The topological polar surface area (TPSA) is 55.1 Å². The van der Waals surface area contributed by atoms with Crippen molar-refractivity contribution in [2.45, 2.75) is 39.7 Å². The molecule has 0 aromatic heterocycles. The Labute approximate surface area is 144 Å². The van der Waals surface area contributed by atoms with Crippen molar-refractivity contribution in [3.63, 3.8) is 0 Å². The van der Waals surface area contributed by atoms with Crippen LogP contribution < -0.4 is 11.1 Å². The highest BCUT2D eigenvalue weighted by Gasteiger charge is 2.23. The van der Waals surface area contributed by atoms with E-state index >= 15 is 0 Å². The molecule has 0 unspecified atom stereocenters. The lowest BCUT2D eigenvalue weighted by Crippen LogP contribution is -2.45. The first-order chi connectivity index (χ1) is 10.3. The van der Waals surface area contributed by atoms with Crippen molar-refractivity contribution in [2.75, 3.05) is 5.73 Å². The van der Waals surface area contributed by atoms with Gasteiger partial charge in [-0.1, -0.05) is 30.3 Å².